The average Bonchev–Trinajstić information content (AvgIpc) is 2.88. The van der Waals surface area contributed by atoms with E-state index in [1.165, 1.54) is 5.56 Å². The number of rotatable bonds is 5. The first kappa shape index (κ1) is 12.4. The lowest BCUT2D eigenvalue weighted by atomic mass is 10.1. The molecule has 0 bridgehead atoms. The van der Waals surface area contributed by atoms with Gasteiger partial charge in [0.15, 0.2) is 0 Å². The van der Waals surface area contributed by atoms with Crippen LogP contribution in [0.25, 0.3) is 0 Å². The van der Waals surface area contributed by atoms with Gasteiger partial charge in [-0.25, -0.2) is 0 Å². The molecule has 0 radical (unpaired) electrons. The lowest BCUT2D eigenvalue weighted by Crippen LogP contribution is -2.30. The second-order valence-electron chi connectivity index (χ2n) is 4.26. The van der Waals surface area contributed by atoms with Gasteiger partial charge in [-0.3, -0.25) is 4.79 Å². The molecule has 2 aromatic rings. The van der Waals surface area contributed by atoms with Gasteiger partial charge in [0, 0.05) is 13.5 Å². The summed E-state index contributed by atoms with van der Waals surface area (Å²) in [5.74, 6) is 0.889. The number of benzene rings is 1. The number of hydrogen-bond acceptors (Lipinski definition) is 2. The minimum absolute atomic E-state index is 0.0716. The van der Waals surface area contributed by atoms with Gasteiger partial charge in [0.1, 0.15) is 5.76 Å². The van der Waals surface area contributed by atoms with Gasteiger partial charge >= 0.3 is 0 Å². The molecule has 0 saturated carbocycles. The number of nitrogens with zero attached hydrogens (tertiary/aromatic N) is 1. The molecule has 0 unspecified atom stereocenters. The summed E-state index contributed by atoms with van der Waals surface area (Å²) in [5, 5.41) is 0. The van der Waals surface area contributed by atoms with E-state index in [0.717, 1.165) is 12.2 Å². The van der Waals surface area contributed by atoms with E-state index in [9.17, 15) is 4.79 Å². The standard InChI is InChI=1S/C15H17NO2/c1-13(17)16(12-15-8-5-11-18-15)10-9-14-6-3-2-4-7-14/h2-8,11H,9-10,12H2,1H3. The van der Waals surface area contributed by atoms with Gasteiger partial charge in [-0.1, -0.05) is 30.3 Å². The molecule has 1 aromatic carbocycles. The SMILES string of the molecule is CC(=O)N(CCc1ccccc1)Cc1ccco1. The number of carbonyl (C=O) groups is 1. The minimum Gasteiger partial charge on any atom is -0.467 e. The van der Waals surface area contributed by atoms with E-state index in [1.54, 1.807) is 18.1 Å². The van der Waals surface area contributed by atoms with Crippen LogP contribution in [-0.4, -0.2) is 17.4 Å². The van der Waals surface area contributed by atoms with Crippen LogP contribution < -0.4 is 0 Å². The molecular weight excluding hydrogens is 226 g/mol. The van der Waals surface area contributed by atoms with Crippen LogP contribution >= 0.6 is 0 Å². The zero-order valence-corrected chi connectivity index (χ0v) is 10.5. The van der Waals surface area contributed by atoms with E-state index in [2.05, 4.69) is 12.1 Å². The lowest BCUT2D eigenvalue weighted by molar-refractivity contribution is -0.129. The molecule has 0 aliphatic rings. The van der Waals surface area contributed by atoms with Crippen molar-refractivity contribution in [2.75, 3.05) is 6.54 Å². The summed E-state index contributed by atoms with van der Waals surface area (Å²) in [4.78, 5) is 13.4. The number of furan rings is 1. The molecule has 1 aromatic heterocycles. The van der Waals surface area contributed by atoms with E-state index in [-0.39, 0.29) is 5.91 Å². The predicted molar refractivity (Wildman–Crippen MR) is 69.9 cm³/mol. The normalized spacial score (nSPS) is 10.3. The summed E-state index contributed by atoms with van der Waals surface area (Å²) in [6.45, 7) is 2.84. The summed E-state index contributed by atoms with van der Waals surface area (Å²) < 4.78 is 5.27. The Kier molecular flexibility index (Phi) is 4.18. The van der Waals surface area contributed by atoms with Crippen LogP contribution in [0.1, 0.15) is 18.2 Å². The molecule has 94 valence electrons. The average molecular weight is 243 g/mol. The van der Waals surface area contributed by atoms with Crippen molar-refractivity contribution in [1.29, 1.82) is 0 Å². The highest BCUT2D eigenvalue weighted by atomic mass is 16.3. The van der Waals surface area contributed by atoms with Crippen molar-refractivity contribution < 1.29 is 9.21 Å². The van der Waals surface area contributed by atoms with Crippen LogP contribution in [0.3, 0.4) is 0 Å². The fourth-order valence-electron chi connectivity index (χ4n) is 1.85. The van der Waals surface area contributed by atoms with Gasteiger partial charge in [-0.15, -0.1) is 0 Å². The predicted octanol–water partition coefficient (Wildman–Crippen LogP) is 2.87. The van der Waals surface area contributed by atoms with Gasteiger partial charge < -0.3 is 9.32 Å². The Bertz CT molecular complexity index is 476. The fraction of sp³-hybridized carbons (Fsp3) is 0.267. The molecule has 0 aliphatic heterocycles. The van der Waals surface area contributed by atoms with Gasteiger partial charge in [0.05, 0.1) is 12.8 Å². The van der Waals surface area contributed by atoms with Crippen LogP contribution in [0.15, 0.2) is 53.1 Å². The van der Waals surface area contributed by atoms with E-state index in [0.29, 0.717) is 13.1 Å². The van der Waals surface area contributed by atoms with Crippen molar-refractivity contribution in [3.05, 3.63) is 60.1 Å². The summed E-state index contributed by atoms with van der Waals surface area (Å²) in [6.07, 6.45) is 2.49. The van der Waals surface area contributed by atoms with Gasteiger partial charge in [-0.2, -0.15) is 0 Å². The molecule has 3 nitrogen and oxygen atoms in total. The Morgan fingerprint density at radius 2 is 1.94 bits per heavy atom. The number of carbonyl (C=O) groups excluding carboxylic acids is 1. The Morgan fingerprint density at radius 1 is 1.17 bits per heavy atom. The molecule has 18 heavy (non-hydrogen) atoms. The summed E-state index contributed by atoms with van der Waals surface area (Å²) in [5.41, 5.74) is 1.24. The molecular formula is C15H17NO2. The Hall–Kier alpha value is -2.03. The highest BCUT2D eigenvalue weighted by Crippen LogP contribution is 2.08. The minimum atomic E-state index is 0.0716. The van der Waals surface area contributed by atoms with Crippen molar-refractivity contribution in [2.45, 2.75) is 19.9 Å². The second kappa shape index (κ2) is 6.05. The van der Waals surface area contributed by atoms with Crippen LogP contribution in [0, 0.1) is 0 Å². The quantitative estimate of drug-likeness (QED) is 0.809. The maximum absolute atomic E-state index is 11.6. The van der Waals surface area contributed by atoms with Crippen LogP contribution in [0.2, 0.25) is 0 Å². The first-order chi connectivity index (χ1) is 8.75. The Balaban J connectivity index is 1.93. The molecule has 0 aliphatic carbocycles. The third-order valence-electron chi connectivity index (χ3n) is 2.89. The highest BCUT2D eigenvalue weighted by molar-refractivity contribution is 5.73. The van der Waals surface area contributed by atoms with E-state index >= 15 is 0 Å². The Morgan fingerprint density at radius 3 is 2.56 bits per heavy atom. The zero-order valence-electron chi connectivity index (χ0n) is 10.5. The van der Waals surface area contributed by atoms with Crippen molar-refractivity contribution in [3.8, 4) is 0 Å². The van der Waals surface area contributed by atoms with Gasteiger partial charge in [-0.05, 0) is 24.1 Å². The largest absolute Gasteiger partial charge is 0.467 e. The van der Waals surface area contributed by atoms with E-state index < -0.39 is 0 Å². The first-order valence-corrected chi connectivity index (χ1v) is 6.07. The van der Waals surface area contributed by atoms with Crippen LogP contribution in [0.5, 0.6) is 0 Å². The summed E-state index contributed by atoms with van der Waals surface area (Å²) >= 11 is 0. The summed E-state index contributed by atoms with van der Waals surface area (Å²) in [7, 11) is 0. The molecule has 0 fully saturated rings. The van der Waals surface area contributed by atoms with E-state index in [4.69, 9.17) is 4.42 Å². The Labute approximate surface area is 107 Å². The van der Waals surface area contributed by atoms with Crippen molar-refractivity contribution in [3.63, 3.8) is 0 Å². The molecule has 0 N–H and O–H groups in total. The summed E-state index contributed by atoms with van der Waals surface area (Å²) in [6, 6.07) is 13.9. The van der Waals surface area contributed by atoms with Crippen molar-refractivity contribution in [1.82, 2.24) is 4.90 Å². The number of amides is 1. The third-order valence-corrected chi connectivity index (χ3v) is 2.89. The third kappa shape index (κ3) is 3.48. The fourth-order valence-corrected chi connectivity index (χ4v) is 1.85. The second-order valence-corrected chi connectivity index (χ2v) is 4.26. The maximum Gasteiger partial charge on any atom is 0.219 e. The van der Waals surface area contributed by atoms with Crippen LogP contribution in [-0.2, 0) is 17.8 Å². The molecule has 1 heterocycles. The molecule has 0 spiro atoms. The van der Waals surface area contributed by atoms with E-state index in [1.807, 2.05) is 30.3 Å². The van der Waals surface area contributed by atoms with Gasteiger partial charge in [0.25, 0.3) is 0 Å². The lowest BCUT2D eigenvalue weighted by Gasteiger charge is -2.19. The smallest absolute Gasteiger partial charge is 0.219 e. The molecule has 0 atom stereocenters. The zero-order chi connectivity index (χ0) is 12.8. The molecule has 1 amide bonds. The van der Waals surface area contributed by atoms with Crippen LogP contribution in [0.4, 0.5) is 0 Å². The highest BCUT2D eigenvalue weighted by Gasteiger charge is 2.10. The molecule has 2 rings (SSSR count). The topological polar surface area (TPSA) is 33.5 Å². The molecule has 3 heteroatoms. The number of hydrogen-bond donors (Lipinski definition) is 0. The molecule has 0 saturated heterocycles. The van der Waals surface area contributed by atoms with Crippen molar-refractivity contribution in [2.24, 2.45) is 0 Å². The maximum atomic E-state index is 11.6. The monoisotopic (exact) mass is 243 g/mol. The first-order valence-electron chi connectivity index (χ1n) is 6.07. The van der Waals surface area contributed by atoms with Gasteiger partial charge in [0.2, 0.25) is 5.91 Å². The van der Waals surface area contributed by atoms with Crippen molar-refractivity contribution >= 4 is 5.91 Å².